The summed E-state index contributed by atoms with van der Waals surface area (Å²) in [6, 6.07) is 0. The van der Waals surface area contributed by atoms with Crippen LogP contribution in [-0.4, -0.2) is 20.6 Å². The maximum Gasteiger partial charge on any atom is 0.332 e. The van der Waals surface area contributed by atoms with Crippen molar-refractivity contribution in [2.75, 3.05) is 0 Å². The van der Waals surface area contributed by atoms with Gasteiger partial charge in [-0.05, 0) is 22.9 Å². The average Bonchev–Trinajstić information content (AvgIpc) is 2.18. The molecule has 80 valence electrons. The predicted octanol–water partition coefficient (Wildman–Crippen LogP) is 0.955. The van der Waals surface area contributed by atoms with Crippen LogP contribution in [-0.2, 0) is 11.3 Å². The van der Waals surface area contributed by atoms with Gasteiger partial charge in [0.05, 0.1) is 6.54 Å². The number of rotatable bonds is 3. The molecule has 1 aromatic rings. The molecule has 6 heteroatoms. The Hall–Kier alpha value is -1.43. The highest BCUT2D eigenvalue weighted by molar-refractivity contribution is 9.10. The average molecular weight is 273 g/mol. The lowest BCUT2D eigenvalue weighted by Crippen LogP contribution is -2.26. The summed E-state index contributed by atoms with van der Waals surface area (Å²) in [6.45, 7) is 4.92. The molecule has 0 radical (unpaired) electrons. The second-order valence-electron chi connectivity index (χ2n) is 2.95. The summed E-state index contributed by atoms with van der Waals surface area (Å²) in [4.78, 5) is 26.1. The third-order valence-electron chi connectivity index (χ3n) is 1.86. The van der Waals surface area contributed by atoms with E-state index in [1.165, 1.54) is 10.8 Å². The van der Waals surface area contributed by atoms with E-state index in [1.54, 1.807) is 6.92 Å². The predicted molar refractivity (Wildman–Crippen MR) is 57.7 cm³/mol. The summed E-state index contributed by atoms with van der Waals surface area (Å²) >= 11 is 3.03. The van der Waals surface area contributed by atoms with Gasteiger partial charge in [0.15, 0.2) is 0 Å². The Kier molecular flexibility index (Phi) is 3.41. The van der Waals surface area contributed by atoms with Crippen LogP contribution >= 0.6 is 15.9 Å². The maximum absolute atomic E-state index is 11.6. The van der Waals surface area contributed by atoms with Gasteiger partial charge in [-0.25, -0.2) is 9.78 Å². The first-order valence-electron chi connectivity index (χ1n) is 4.06. The van der Waals surface area contributed by atoms with E-state index in [0.29, 0.717) is 10.3 Å². The summed E-state index contributed by atoms with van der Waals surface area (Å²) in [5.74, 6) is -0.674. The molecule has 0 atom stereocenters. The molecule has 0 amide bonds. The second kappa shape index (κ2) is 4.39. The molecule has 1 heterocycles. The van der Waals surface area contributed by atoms with Gasteiger partial charge in [-0.3, -0.25) is 9.36 Å². The molecule has 1 rings (SSSR count). The number of hydrogen-bond donors (Lipinski definition) is 1. The van der Waals surface area contributed by atoms with Gasteiger partial charge in [0.25, 0.3) is 5.56 Å². The Morgan fingerprint density at radius 1 is 1.73 bits per heavy atom. The standard InChI is InChI=1S/C9H9BrN2O3/c1-5(9(14)15)4-12-6(2)11-3-7(10)8(12)13/h3H,1,4H2,2H3,(H,14,15). The maximum atomic E-state index is 11.6. The lowest BCUT2D eigenvalue weighted by atomic mass is 10.3. The van der Waals surface area contributed by atoms with Crippen molar-refractivity contribution < 1.29 is 9.90 Å². The van der Waals surface area contributed by atoms with Crippen molar-refractivity contribution in [1.82, 2.24) is 9.55 Å². The number of nitrogens with zero attached hydrogens (tertiary/aromatic N) is 2. The van der Waals surface area contributed by atoms with Gasteiger partial charge in [-0.1, -0.05) is 6.58 Å². The third kappa shape index (κ3) is 2.53. The monoisotopic (exact) mass is 272 g/mol. The van der Waals surface area contributed by atoms with Gasteiger partial charge in [0, 0.05) is 11.8 Å². The second-order valence-corrected chi connectivity index (χ2v) is 3.81. The Labute approximate surface area is 94.2 Å². The lowest BCUT2D eigenvalue weighted by Gasteiger charge is -2.08. The number of aliphatic carboxylic acids is 1. The molecule has 0 aliphatic rings. The van der Waals surface area contributed by atoms with E-state index in [1.807, 2.05) is 0 Å². The Balaban J connectivity index is 3.15. The Morgan fingerprint density at radius 3 is 2.87 bits per heavy atom. The topological polar surface area (TPSA) is 72.2 Å². The van der Waals surface area contributed by atoms with Crippen LogP contribution in [0.1, 0.15) is 5.82 Å². The molecule has 0 aromatic carbocycles. The van der Waals surface area contributed by atoms with Crippen molar-refractivity contribution in [3.63, 3.8) is 0 Å². The van der Waals surface area contributed by atoms with Crippen molar-refractivity contribution in [2.45, 2.75) is 13.5 Å². The minimum Gasteiger partial charge on any atom is -0.478 e. The van der Waals surface area contributed by atoms with E-state index < -0.39 is 5.97 Å². The smallest absolute Gasteiger partial charge is 0.332 e. The van der Waals surface area contributed by atoms with Gasteiger partial charge in [-0.15, -0.1) is 0 Å². The van der Waals surface area contributed by atoms with Gasteiger partial charge in [-0.2, -0.15) is 0 Å². The van der Waals surface area contributed by atoms with E-state index in [0.717, 1.165) is 0 Å². The zero-order valence-corrected chi connectivity index (χ0v) is 9.61. The van der Waals surface area contributed by atoms with Crippen LogP contribution < -0.4 is 5.56 Å². The highest BCUT2D eigenvalue weighted by Crippen LogP contribution is 2.03. The van der Waals surface area contributed by atoms with Gasteiger partial charge in [0.1, 0.15) is 10.3 Å². The van der Waals surface area contributed by atoms with E-state index >= 15 is 0 Å². The van der Waals surface area contributed by atoms with E-state index in [-0.39, 0.29) is 17.7 Å². The van der Waals surface area contributed by atoms with E-state index in [9.17, 15) is 9.59 Å². The molecule has 5 nitrogen and oxygen atoms in total. The first-order valence-corrected chi connectivity index (χ1v) is 4.85. The zero-order chi connectivity index (χ0) is 11.6. The van der Waals surface area contributed by atoms with Crippen LogP contribution in [0.5, 0.6) is 0 Å². The SMILES string of the molecule is C=C(Cn1c(C)ncc(Br)c1=O)C(=O)O. The summed E-state index contributed by atoms with van der Waals surface area (Å²) in [5, 5.41) is 8.65. The molecule has 1 N–H and O–H groups in total. The first kappa shape index (κ1) is 11.6. The summed E-state index contributed by atoms with van der Waals surface area (Å²) in [7, 11) is 0. The number of carboxylic acid groups (broad SMARTS) is 1. The molecular formula is C9H9BrN2O3. The molecule has 1 aromatic heterocycles. The van der Waals surface area contributed by atoms with Crippen LogP contribution in [0.4, 0.5) is 0 Å². The van der Waals surface area contributed by atoms with Crippen molar-refractivity contribution in [3.8, 4) is 0 Å². The molecule has 0 unspecified atom stereocenters. The molecule has 0 aliphatic carbocycles. The molecular weight excluding hydrogens is 264 g/mol. The number of hydrogen-bond acceptors (Lipinski definition) is 3. The molecule has 0 spiro atoms. The van der Waals surface area contributed by atoms with Crippen LogP contribution in [0.25, 0.3) is 0 Å². The quantitative estimate of drug-likeness (QED) is 0.832. The molecule has 0 aliphatic heterocycles. The lowest BCUT2D eigenvalue weighted by molar-refractivity contribution is -0.132. The van der Waals surface area contributed by atoms with E-state index in [2.05, 4.69) is 27.5 Å². The van der Waals surface area contributed by atoms with Gasteiger partial charge < -0.3 is 5.11 Å². The van der Waals surface area contributed by atoms with Crippen molar-refractivity contribution in [3.05, 3.63) is 39.0 Å². The molecule has 15 heavy (non-hydrogen) atoms. The summed E-state index contributed by atoms with van der Waals surface area (Å²) < 4.78 is 1.55. The van der Waals surface area contributed by atoms with Crippen LogP contribution in [0.2, 0.25) is 0 Å². The number of halogens is 1. The largest absolute Gasteiger partial charge is 0.478 e. The van der Waals surface area contributed by atoms with Crippen LogP contribution in [0.3, 0.4) is 0 Å². The van der Waals surface area contributed by atoms with Crippen molar-refractivity contribution >= 4 is 21.9 Å². The highest BCUT2D eigenvalue weighted by Gasteiger charge is 2.10. The van der Waals surface area contributed by atoms with Gasteiger partial charge >= 0.3 is 5.97 Å². The first-order chi connectivity index (χ1) is 6.93. The molecule has 0 bridgehead atoms. The van der Waals surface area contributed by atoms with Crippen LogP contribution in [0.15, 0.2) is 27.6 Å². The van der Waals surface area contributed by atoms with E-state index in [4.69, 9.17) is 5.11 Å². The summed E-state index contributed by atoms with van der Waals surface area (Å²) in [6.07, 6.45) is 1.39. The number of carboxylic acids is 1. The number of carbonyl (C=O) groups is 1. The minimum absolute atomic E-state index is 0.0555. The zero-order valence-electron chi connectivity index (χ0n) is 8.03. The fourth-order valence-corrected chi connectivity index (χ4v) is 1.31. The highest BCUT2D eigenvalue weighted by atomic mass is 79.9. The molecule has 0 saturated heterocycles. The third-order valence-corrected chi connectivity index (χ3v) is 2.40. The fourth-order valence-electron chi connectivity index (χ4n) is 0.996. The molecule has 0 fully saturated rings. The number of aryl methyl sites for hydroxylation is 1. The fraction of sp³-hybridized carbons (Fsp3) is 0.222. The van der Waals surface area contributed by atoms with Crippen molar-refractivity contribution in [2.24, 2.45) is 0 Å². The Bertz CT molecular complexity index is 479. The number of aromatic nitrogens is 2. The van der Waals surface area contributed by atoms with Crippen LogP contribution in [0, 0.1) is 6.92 Å². The normalized spacial score (nSPS) is 10.0. The van der Waals surface area contributed by atoms with Crippen molar-refractivity contribution in [1.29, 1.82) is 0 Å². The summed E-state index contributed by atoms with van der Waals surface area (Å²) in [5.41, 5.74) is -0.370. The minimum atomic E-state index is -1.12. The molecule has 0 saturated carbocycles. The van der Waals surface area contributed by atoms with Gasteiger partial charge in [0.2, 0.25) is 0 Å². The Morgan fingerprint density at radius 2 is 2.33 bits per heavy atom.